The van der Waals surface area contributed by atoms with Gasteiger partial charge >= 0.3 is 0 Å². The fourth-order valence-corrected chi connectivity index (χ4v) is 2.49. The zero-order chi connectivity index (χ0) is 17.2. The molecule has 0 aliphatic carbocycles. The highest BCUT2D eigenvalue weighted by molar-refractivity contribution is 5.82. The summed E-state index contributed by atoms with van der Waals surface area (Å²) in [6.45, 7) is 6.36. The largest absolute Gasteiger partial charge is 0.369 e. The molecule has 2 rings (SSSR count). The molecule has 0 saturated heterocycles. The summed E-state index contributed by atoms with van der Waals surface area (Å²) in [7, 11) is 0. The Morgan fingerprint density at radius 2 is 1.65 bits per heavy atom. The van der Waals surface area contributed by atoms with Gasteiger partial charge in [0.2, 0.25) is 5.91 Å². The number of halogens is 2. The third kappa shape index (κ3) is 4.15. The molecule has 0 spiro atoms. The van der Waals surface area contributed by atoms with Crippen LogP contribution in [0.4, 0.5) is 8.78 Å². The number of rotatable bonds is 4. The van der Waals surface area contributed by atoms with Crippen LogP contribution in [0.1, 0.15) is 43.4 Å². The predicted octanol–water partition coefficient (Wildman–Crippen LogP) is 4.07. The molecule has 1 unspecified atom stereocenters. The number of benzene rings is 2. The third-order valence-electron chi connectivity index (χ3n) is 3.95. The van der Waals surface area contributed by atoms with Gasteiger partial charge in [0.1, 0.15) is 0 Å². The smallest absolute Gasteiger partial charge is 0.225 e. The molecule has 122 valence electrons. The molecule has 0 fully saturated rings. The number of amides is 1. The number of hydrogen-bond donors (Lipinski definition) is 1. The van der Waals surface area contributed by atoms with E-state index >= 15 is 0 Å². The molecule has 2 aromatic rings. The van der Waals surface area contributed by atoms with Gasteiger partial charge in [-0.1, -0.05) is 51.1 Å². The van der Waals surface area contributed by atoms with Crippen molar-refractivity contribution in [3.63, 3.8) is 0 Å². The molecule has 0 radical (unpaired) electrons. The first-order chi connectivity index (χ1) is 10.7. The quantitative estimate of drug-likeness (QED) is 0.907. The van der Waals surface area contributed by atoms with Crippen molar-refractivity contribution in [2.24, 2.45) is 5.73 Å². The lowest BCUT2D eigenvalue weighted by Crippen LogP contribution is -2.23. The van der Waals surface area contributed by atoms with Gasteiger partial charge in [-0.25, -0.2) is 8.78 Å². The average molecular weight is 317 g/mol. The van der Waals surface area contributed by atoms with Crippen LogP contribution >= 0.6 is 0 Å². The van der Waals surface area contributed by atoms with E-state index in [2.05, 4.69) is 20.8 Å². The number of carbonyl (C=O) groups is 1. The fraction of sp³-hybridized carbons (Fsp3) is 0.316. The van der Waals surface area contributed by atoms with Crippen molar-refractivity contribution in [1.29, 1.82) is 0 Å². The van der Waals surface area contributed by atoms with Crippen LogP contribution in [0, 0.1) is 11.6 Å². The van der Waals surface area contributed by atoms with Crippen LogP contribution in [0.25, 0.3) is 0 Å². The van der Waals surface area contributed by atoms with Crippen LogP contribution in [0.5, 0.6) is 0 Å². The summed E-state index contributed by atoms with van der Waals surface area (Å²) in [6.07, 6.45) is 0.352. The van der Waals surface area contributed by atoms with E-state index in [1.807, 2.05) is 24.3 Å². The average Bonchev–Trinajstić information content (AvgIpc) is 2.47. The van der Waals surface area contributed by atoms with Crippen LogP contribution in [0.15, 0.2) is 42.5 Å². The van der Waals surface area contributed by atoms with Crippen molar-refractivity contribution < 1.29 is 13.6 Å². The Kier molecular flexibility index (Phi) is 4.83. The first kappa shape index (κ1) is 17.1. The van der Waals surface area contributed by atoms with E-state index in [1.54, 1.807) is 0 Å². The Morgan fingerprint density at radius 3 is 2.13 bits per heavy atom. The summed E-state index contributed by atoms with van der Waals surface area (Å²) in [5.41, 5.74) is 7.99. The van der Waals surface area contributed by atoms with Crippen molar-refractivity contribution in [3.8, 4) is 0 Å². The highest BCUT2D eigenvalue weighted by Gasteiger charge is 2.20. The van der Waals surface area contributed by atoms with Gasteiger partial charge in [0.15, 0.2) is 11.6 Å². The van der Waals surface area contributed by atoms with Gasteiger partial charge in [0, 0.05) is 0 Å². The molecule has 1 amide bonds. The Labute approximate surface area is 135 Å². The molecule has 0 aliphatic rings. The first-order valence-corrected chi connectivity index (χ1v) is 7.52. The van der Waals surface area contributed by atoms with E-state index in [4.69, 9.17) is 5.73 Å². The Morgan fingerprint density at radius 1 is 1.04 bits per heavy atom. The maximum atomic E-state index is 13.4. The molecular formula is C19H21F2NO. The van der Waals surface area contributed by atoms with Crippen LogP contribution in [-0.2, 0) is 16.6 Å². The number of nitrogens with two attached hydrogens (primary N) is 1. The van der Waals surface area contributed by atoms with Gasteiger partial charge < -0.3 is 5.73 Å². The molecule has 2 N–H and O–H groups in total. The summed E-state index contributed by atoms with van der Waals surface area (Å²) in [4.78, 5) is 11.7. The summed E-state index contributed by atoms with van der Waals surface area (Å²) in [5.74, 6) is -3.16. The Hall–Kier alpha value is -2.23. The molecule has 23 heavy (non-hydrogen) atoms. The normalized spacial score (nSPS) is 12.9. The van der Waals surface area contributed by atoms with E-state index < -0.39 is 23.5 Å². The van der Waals surface area contributed by atoms with Crippen LogP contribution < -0.4 is 5.73 Å². The van der Waals surface area contributed by atoms with E-state index in [1.165, 1.54) is 11.6 Å². The van der Waals surface area contributed by atoms with Crippen LogP contribution in [0.2, 0.25) is 0 Å². The molecule has 2 aromatic carbocycles. The molecule has 1 atom stereocenters. The highest BCUT2D eigenvalue weighted by Crippen LogP contribution is 2.26. The Balaban J connectivity index is 2.26. The second-order valence-electron chi connectivity index (χ2n) is 6.78. The van der Waals surface area contributed by atoms with Crippen molar-refractivity contribution in [2.75, 3.05) is 0 Å². The summed E-state index contributed by atoms with van der Waals surface area (Å²) < 4.78 is 26.5. The zero-order valence-electron chi connectivity index (χ0n) is 13.6. The first-order valence-electron chi connectivity index (χ1n) is 7.52. The maximum absolute atomic E-state index is 13.4. The fourth-order valence-electron chi connectivity index (χ4n) is 2.49. The molecular weight excluding hydrogens is 296 g/mol. The minimum absolute atomic E-state index is 0.0434. The molecule has 0 bridgehead atoms. The van der Waals surface area contributed by atoms with E-state index in [0.29, 0.717) is 12.0 Å². The summed E-state index contributed by atoms with van der Waals surface area (Å²) in [5, 5.41) is 0. The molecule has 0 aromatic heterocycles. The molecule has 0 aliphatic heterocycles. The minimum Gasteiger partial charge on any atom is -0.369 e. The highest BCUT2D eigenvalue weighted by atomic mass is 19.2. The van der Waals surface area contributed by atoms with Gasteiger partial charge in [-0.15, -0.1) is 0 Å². The van der Waals surface area contributed by atoms with Gasteiger partial charge in [-0.05, 0) is 40.7 Å². The van der Waals surface area contributed by atoms with Crippen LogP contribution in [-0.4, -0.2) is 5.91 Å². The second-order valence-corrected chi connectivity index (χ2v) is 6.78. The maximum Gasteiger partial charge on any atom is 0.225 e. The predicted molar refractivity (Wildman–Crippen MR) is 87.1 cm³/mol. The summed E-state index contributed by atoms with van der Waals surface area (Å²) in [6, 6.07) is 11.4. The molecule has 0 saturated carbocycles. The molecule has 0 heterocycles. The lowest BCUT2D eigenvalue weighted by molar-refractivity contribution is -0.119. The standard InChI is InChI=1S/C19H21F2NO/c1-19(2,3)14-7-4-12(5-8-14)10-15(18(22)23)13-6-9-16(20)17(21)11-13/h4-9,11,15H,10H2,1-3H3,(H2,22,23). The van der Waals surface area contributed by atoms with Gasteiger partial charge in [-0.3, -0.25) is 4.79 Å². The van der Waals surface area contributed by atoms with E-state index in [-0.39, 0.29) is 5.41 Å². The van der Waals surface area contributed by atoms with Crippen molar-refractivity contribution in [3.05, 3.63) is 70.8 Å². The van der Waals surface area contributed by atoms with Crippen LogP contribution in [0.3, 0.4) is 0 Å². The number of primary amides is 1. The van der Waals surface area contributed by atoms with E-state index in [9.17, 15) is 13.6 Å². The van der Waals surface area contributed by atoms with Gasteiger partial charge in [-0.2, -0.15) is 0 Å². The zero-order valence-corrected chi connectivity index (χ0v) is 13.6. The number of carbonyl (C=O) groups excluding carboxylic acids is 1. The van der Waals surface area contributed by atoms with Crippen molar-refractivity contribution in [1.82, 2.24) is 0 Å². The molecule has 2 nitrogen and oxygen atoms in total. The third-order valence-corrected chi connectivity index (χ3v) is 3.95. The summed E-state index contributed by atoms with van der Waals surface area (Å²) >= 11 is 0. The lowest BCUT2D eigenvalue weighted by Gasteiger charge is -2.20. The molecule has 4 heteroatoms. The second kappa shape index (κ2) is 6.49. The monoisotopic (exact) mass is 317 g/mol. The van der Waals surface area contributed by atoms with Gasteiger partial charge in [0.05, 0.1) is 5.92 Å². The number of hydrogen-bond acceptors (Lipinski definition) is 1. The SMILES string of the molecule is CC(C)(C)c1ccc(CC(C(N)=O)c2ccc(F)c(F)c2)cc1. The van der Waals surface area contributed by atoms with Crippen molar-refractivity contribution in [2.45, 2.75) is 38.5 Å². The lowest BCUT2D eigenvalue weighted by atomic mass is 9.85. The topological polar surface area (TPSA) is 43.1 Å². The van der Waals surface area contributed by atoms with E-state index in [0.717, 1.165) is 17.7 Å². The van der Waals surface area contributed by atoms with Gasteiger partial charge in [0.25, 0.3) is 0 Å². The minimum atomic E-state index is -0.975. The Bertz CT molecular complexity index is 702. The van der Waals surface area contributed by atoms with Crippen molar-refractivity contribution >= 4 is 5.91 Å².